The molecule has 0 aliphatic heterocycles. The van der Waals surface area contributed by atoms with Gasteiger partial charge in [0.05, 0.1) is 44.8 Å². The molecule has 3 unspecified atom stereocenters. The van der Waals surface area contributed by atoms with Gasteiger partial charge in [0.2, 0.25) is 11.8 Å². The average Bonchev–Trinajstić information content (AvgIpc) is 3.44. The number of phenols is 1. The van der Waals surface area contributed by atoms with E-state index in [-0.39, 0.29) is 79.0 Å². The summed E-state index contributed by atoms with van der Waals surface area (Å²) in [5.74, 6) is 0.0703. The number of primary amides is 1. The summed E-state index contributed by atoms with van der Waals surface area (Å²) in [4.78, 5) is 35.9. The van der Waals surface area contributed by atoms with Gasteiger partial charge in [-0.25, -0.2) is 0 Å². The SMILES string of the molecule is COc1ccc(NC(=O)COCCOCCNC(=O)COCCCO[C@@H]2CCC3C4CC=C5C[C@H](O)CC[C@@]5(C)C4CC[C@]32C)c(O)c1C(N)=O. The lowest BCUT2D eigenvalue weighted by molar-refractivity contribution is -0.126. The van der Waals surface area contributed by atoms with E-state index in [2.05, 4.69) is 30.6 Å². The zero-order valence-corrected chi connectivity index (χ0v) is 30.4. The Hall–Kier alpha value is -3.23. The van der Waals surface area contributed by atoms with Crippen LogP contribution in [0.4, 0.5) is 5.69 Å². The van der Waals surface area contributed by atoms with Crippen LogP contribution in [-0.2, 0) is 28.5 Å². The highest BCUT2D eigenvalue weighted by atomic mass is 16.5. The smallest absolute Gasteiger partial charge is 0.256 e. The van der Waals surface area contributed by atoms with E-state index >= 15 is 0 Å². The molecule has 3 fully saturated rings. The van der Waals surface area contributed by atoms with Crippen LogP contribution in [0.3, 0.4) is 0 Å². The Labute approximate surface area is 300 Å². The number of allylic oxidation sites excluding steroid dienone is 1. The molecule has 4 aliphatic rings. The van der Waals surface area contributed by atoms with E-state index in [1.54, 1.807) is 0 Å². The maximum Gasteiger partial charge on any atom is 0.256 e. The van der Waals surface area contributed by atoms with Crippen LogP contribution in [0.5, 0.6) is 11.5 Å². The molecule has 6 N–H and O–H groups in total. The largest absolute Gasteiger partial charge is 0.505 e. The maximum absolute atomic E-state index is 12.2. The number of nitrogens with one attached hydrogen (secondary N) is 2. The Morgan fingerprint density at radius 2 is 1.69 bits per heavy atom. The molecule has 0 bridgehead atoms. The molecule has 13 heteroatoms. The van der Waals surface area contributed by atoms with E-state index in [0.717, 1.165) is 44.4 Å². The highest BCUT2D eigenvalue weighted by Crippen LogP contribution is 2.65. The summed E-state index contributed by atoms with van der Waals surface area (Å²) in [6.45, 7) is 6.61. The number of benzene rings is 1. The number of hydrogen-bond acceptors (Lipinski definition) is 10. The number of aliphatic hydroxyl groups is 1. The van der Waals surface area contributed by atoms with Gasteiger partial charge in [-0.2, -0.15) is 0 Å². The zero-order valence-electron chi connectivity index (χ0n) is 30.4. The van der Waals surface area contributed by atoms with E-state index in [4.69, 9.17) is 29.4 Å². The number of amides is 3. The summed E-state index contributed by atoms with van der Waals surface area (Å²) in [6, 6.07) is 2.80. The molecule has 7 atom stereocenters. The second-order valence-electron chi connectivity index (χ2n) is 15.0. The van der Waals surface area contributed by atoms with Crippen molar-refractivity contribution in [3.8, 4) is 11.5 Å². The first-order valence-corrected chi connectivity index (χ1v) is 18.5. The molecule has 51 heavy (non-hydrogen) atoms. The van der Waals surface area contributed by atoms with Gasteiger partial charge >= 0.3 is 0 Å². The Kier molecular flexibility index (Phi) is 13.4. The maximum atomic E-state index is 12.2. The van der Waals surface area contributed by atoms with Crippen molar-refractivity contribution in [1.82, 2.24) is 5.32 Å². The van der Waals surface area contributed by atoms with E-state index in [0.29, 0.717) is 31.6 Å². The van der Waals surface area contributed by atoms with Crippen LogP contribution in [0.25, 0.3) is 0 Å². The summed E-state index contributed by atoms with van der Waals surface area (Å²) in [7, 11) is 1.33. The summed E-state index contributed by atoms with van der Waals surface area (Å²) in [5, 5.41) is 25.8. The van der Waals surface area contributed by atoms with Gasteiger partial charge in [-0.1, -0.05) is 25.5 Å². The monoisotopic (exact) mass is 715 g/mol. The predicted octanol–water partition coefficient (Wildman–Crippen LogP) is 3.70. The van der Waals surface area contributed by atoms with Crippen molar-refractivity contribution in [3.05, 3.63) is 29.3 Å². The van der Waals surface area contributed by atoms with Gasteiger partial charge in [-0.05, 0) is 98.5 Å². The second-order valence-corrected chi connectivity index (χ2v) is 15.0. The Morgan fingerprint density at radius 1 is 0.922 bits per heavy atom. The molecular weight excluding hydrogens is 658 g/mol. The molecule has 3 amide bonds. The molecule has 13 nitrogen and oxygen atoms in total. The third kappa shape index (κ3) is 9.05. The number of aliphatic hydroxyl groups excluding tert-OH is 1. The van der Waals surface area contributed by atoms with Crippen LogP contribution < -0.4 is 21.1 Å². The Morgan fingerprint density at radius 3 is 2.47 bits per heavy atom. The van der Waals surface area contributed by atoms with Gasteiger partial charge in [0.25, 0.3) is 5.91 Å². The summed E-state index contributed by atoms with van der Waals surface area (Å²) in [5.41, 5.74) is 7.04. The molecule has 1 aromatic carbocycles. The third-order valence-electron chi connectivity index (χ3n) is 12.0. The van der Waals surface area contributed by atoms with Crippen molar-refractivity contribution < 1.29 is 48.3 Å². The molecule has 0 aromatic heterocycles. The van der Waals surface area contributed by atoms with Crippen LogP contribution in [0, 0.1) is 28.6 Å². The van der Waals surface area contributed by atoms with E-state index in [1.165, 1.54) is 44.1 Å². The Bertz CT molecular complexity index is 1420. The molecule has 0 spiro atoms. The molecule has 284 valence electrons. The highest BCUT2D eigenvalue weighted by Gasteiger charge is 2.59. The molecule has 0 heterocycles. The standard InChI is InChI=1S/C38H57N3O10/c1-37-13-11-25(42)21-24(37)5-6-26-27-7-10-31(38(27,2)14-12-28(26)37)51-17-4-16-49-22-32(43)40-15-18-48-19-20-50-23-33(44)41-29-8-9-30(47-3)34(35(29)45)36(39)46/h5,8-9,25-28,31,42,45H,4,6-7,10-23H2,1-3H3,(H2,39,46)(H,40,43)(H,41,44)/t25-,26?,27?,28?,31-,37-,38-/m1/s1. The molecule has 0 saturated heterocycles. The fourth-order valence-electron chi connectivity index (χ4n) is 9.39. The minimum atomic E-state index is -0.893. The van der Waals surface area contributed by atoms with Gasteiger partial charge < -0.3 is 50.3 Å². The minimum Gasteiger partial charge on any atom is -0.505 e. The number of hydrogen-bond donors (Lipinski definition) is 5. The lowest BCUT2D eigenvalue weighted by Crippen LogP contribution is -2.51. The first-order valence-electron chi connectivity index (χ1n) is 18.5. The van der Waals surface area contributed by atoms with Crippen molar-refractivity contribution in [2.75, 3.05) is 65.2 Å². The van der Waals surface area contributed by atoms with Crippen molar-refractivity contribution >= 4 is 23.4 Å². The quantitative estimate of drug-likeness (QED) is 0.0852. The number of ether oxygens (including phenoxy) is 5. The number of methoxy groups -OCH3 is 1. The van der Waals surface area contributed by atoms with Crippen LogP contribution >= 0.6 is 0 Å². The van der Waals surface area contributed by atoms with Crippen LogP contribution in [0.1, 0.15) is 82.0 Å². The predicted molar refractivity (Wildman–Crippen MR) is 189 cm³/mol. The van der Waals surface area contributed by atoms with Gasteiger partial charge in [-0.3, -0.25) is 14.4 Å². The number of nitrogens with two attached hydrogens (primary N) is 1. The molecule has 5 rings (SSSR count). The molecule has 1 aromatic rings. The molecule has 4 aliphatic carbocycles. The van der Waals surface area contributed by atoms with Crippen LogP contribution in [-0.4, -0.2) is 100 Å². The first-order chi connectivity index (χ1) is 24.5. The second kappa shape index (κ2) is 17.5. The lowest BCUT2D eigenvalue weighted by atomic mass is 9.48. The molecule has 0 radical (unpaired) electrons. The number of rotatable bonds is 18. The van der Waals surface area contributed by atoms with Crippen molar-refractivity contribution in [2.24, 2.45) is 34.3 Å². The van der Waals surface area contributed by atoms with Crippen LogP contribution in [0.2, 0.25) is 0 Å². The third-order valence-corrected chi connectivity index (χ3v) is 12.0. The van der Waals surface area contributed by atoms with Gasteiger partial charge in [0.15, 0.2) is 5.75 Å². The number of carbonyl (C=O) groups excluding carboxylic acids is 3. The number of aromatic hydroxyl groups is 1. The van der Waals surface area contributed by atoms with Gasteiger partial charge in [0.1, 0.15) is 24.5 Å². The minimum absolute atomic E-state index is 0.00400. The van der Waals surface area contributed by atoms with Crippen molar-refractivity contribution in [2.45, 2.75) is 83.8 Å². The molecule has 3 saturated carbocycles. The normalized spacial score (nSPS) is 29.6. The first kappa shape index (κ1) is 39.0. The number of fused-ring (bicyclic) bond motifs is 5. The van der Waals surface area contributed by atoms with Crippen molar-refractivity contribution in [1.29, 1.82) is 0 Å². The van der Waals surface area contributed by atoms with Gasteiger partial charge in [-0.15, -0.1) is 0 Å². The lowest BCUT2D eigenvalue weighted by Gasteiger charge is -2.57. The van der Waals surface area contributed by atoms with E-state index in [9.17, 15) is 24.6 Å². The summed E-state index contributed by atoms with van der Waals surface area (Å²) >= 11 is 0. The molecular formula is C38H57N3O10. The average molecular weight is 716 g/mol. The fraction of sp³-hybridized carbons (Fsp3) is 0.711. The van der Waals surface area contributed by atoms with Crippen molar-refractivity contribution in [3.63, 3.8) is 0 Å². The Balaban J connectivity index is 0.878. The summed E-state index contributed by atoms with van der Waals surface area (Å²) in [6.07, 6.45) is 12.2. The van der Waals surface area contributed by atoms with E-state index < -0.39 is 17.6 Å². The zero-order chi connectivity index (χ0) is 36.6. The van der Waals surface area contributed by atoms with Gasteiger partial charge in [0, 0.05) is 19.8 Å². The highest BCUT2D eigenvalue weighted by molar-refractivity contribution is 6.02. The summed E-state index contributed by atoms with van der Waals surface area (Å²) < 4.78 is 27.8. The fourth-order valence-corrected chi connectivity index (χ4v) is 9.39. The number of anilines is 1. The van der Waals surface area contributed by atoms with Crippen LogP contribution in [0.15, 0.2) is 23.8 Å². The number of carbonyl (C=O) groups is 3. The van der Waals surface area contributed by atoms with E-state index in [1.807, 2.05) is 0 Å². The topological polar surface area (TPSA) is 188 Å².